The van der Waals surface area contributed by atoms with Crippen LogP contribution < -0.4 is 11.1 Å². The third-order valence-corrected chi connectivity index (χ3v) is 3.50. The lowest BCUT2D eigenvalue weighted by Gasteiger charge is -2.04. The molecule has 0 saturated carbocycles. The molecule has 0 unspecified atom stereocenters. The van der Waals surface area contributed by atoms with Gasteiger partial charge in [0.2, 0.25) is 5.95 Å². The molecule has 3 N–H and O–H groups in total. The van der Waals surface area contributed by atoms with Crippen molar-refractivity contribution in [2.45, 2.75) is 0 Å². The molecule has 3 aromatic rings. The van der Waals surface area contributed by atoms with E-state index in [1.54, 1.807) is 18.2 Å². The molecule has 100 valence electrons. The number of hydrogen-bond donors (Lipinski definition) is 2. The zero-order valence-corrected chi connectivity index (χ0v) is 10.9. The SMILES string of the molecule is Nc1nc2ccc(C(=O)Nc3ccc(F)nc3)cc2s1. The summed E-state index contributed by atoms with van der Waals surface area (Å²) in [5, 5.41) is 3.10. The predicted octanol–water partition coefficient (Wildman–Crippen LogP) is 2.66. The van der Waals surface area contributed by atoms with Gasteiger partial charge in [0.25, 0.3) is 5.91 Å². The van der Waals surface area contributed by atoms with Crippen LogP contribution in [0.4, 0.5) is 15.2 Å². The van der Waals surface area contributed by atoms with Gasteiger partial charge in [-0.05, 0) is 30.3 Å². The van der Waals surface area contributed by atoms with E-state index < -0.39 is 5.95 Å². The molecule has 1 aromatic carbocycles. The Kier molecular flexibility index (Phi) is 3.03. The fraction of sp³-hybridized carbons (Fsp3) is 0. The van der Waals surface area contributed by atoms with Crippen molar-refractivity contribution in [3.05, 3.63) is 48.0 Å². The van der Waals surface area contributed by atoms with Crippen molar-refractivity contribution in [1.82, 2.24) is 9.97 Å². The van der Waals surface area contributed by atoms with Crippen LogP contribution in [0.5, 0.6) is 0 Å². The fourth-order valence-electron chi connectivity index (χ4n) is 1.74. The van der Waals surface area contributed by atoms with Crippen molar-refractivity contribution in [3.8, 4) is 0 Å². The molecule has 2 aromatic heterocycles. The van der Waals surface area contributed by atoms with E-state index in [0.29, 0.717) is 16.4 Å². The lowest BCUT2D eigenvalue weighted by Crippen LogP contribution is -2.11. The van der Waals surface area contributed by atoms with E-state index in [-0.39, 0.29) is 5.91 Å². The molecule has 0 fully saturated rings. The maximum absolute atomic E-state index is 12.7. The van der Waals surface area contributed by atoms with Gasteiger partial charge in [-0.3, -0.25) is 4.79 Å². The highest BCUT2D eigenvalue weighted by Crippen LogP contribution is 2.24. The second kappa shape index (κ2) is 4.86. The Balaban J connectivity index is 1.86. The number of halogens is 1. The summed E-state index contributed by atoms with van der Waals surface area (Å²) < 4.78 is 13.5. The van der Waals surface area contributed by atoms with E-state index in [2.05, 4.69) is 15.3 Å². The lowest BCUT2D eigenvalue weighted by atomic mass is 10.2. The number of nitrogens with two attached hydrogens (primary N) is 1. The Bertz CT molecular complexity index is 785. The second-order valence-electron chi connectivity index (χ2n) is 4.06. The number of pyridine rings is 1. The second-order valence-corrected chi connectivity index (χ2v) is 5.12. The summed E-state index contributed by atoms with van der Waals surface area (Å²) in [4.78, 5) is 19.7. The molecule has 1 amide bonds. The van der Waals surface area contributed by atoms with E-state index in [9.17, 15) is 9.18 Å². The number of thiazole rings is 1. The standard InChI is InChI=1S/C13H9FN4OS/c14-11-4-2-8(6-16-11)17-12(19)7-1-3-9-10(5-7)20-13(15)18-9/h1-6H,(H2,15,18)(H,17,19). The van der Waals surface area contributed by atoms with Gasteiger partial charge < -0.3 is 11.1 Å². The molecule has 7 heteroatoms. The minimum Gasteiger partial charge on any atom is -0.375 e. The van der Waals surface area contributed by atoms with Crippen LogP contribution in [-0.4, -0.2) is 15.9 Å². The first-order valence-electron chi connectivity index (χ1n) is 5.71. The molecular formula is C13H9FN4OS. The summed E-state index contributed by atoms with van der Waals surface area (Å²) in [7, 11) is 0. The van der Waals surface area contributed by atoms with Crippen molar-refractivity contribution in [2.24, 2.45) is 0 Å². The lowest BCUT2D eigenvalue weighted by molar-refractivity contribution is 0.102. The van der Waals surface area contributed by atoms with Gasteiger partial charge in [0, 0.05) is 5.56 Å². The zero-order valence-electron chi connectivity index (χ0n) is 10.1. The van der Waals surface area contributed by atoms with E-state index in [1.165, 1.54) is 29.7 Å². The largest absolute Gasteiger partial charge is 0.375 e. The van der Waals surface area contributed by atoms with Crippen LogP contribution in [-0.2, 0) is 0 Å². The average Bonchev–Trinajstić information content (AvgIpc) is 2.80. The highest BCUT2D eigenvalue weighted by atomic mass is 32.1. The minimum absolute atomic E-state index is 0.299. The average molecular weight is 288 g/mol. The molecule has 0 atom stereocenters. The van der Waals surface area contributed by atoms with Gasteiger partial charge >= 0.3 is 0 Å². The maximum atomic E-state index is 12.7. The number of carbonyl (C=O) groups excluding carboxylic acids is 1. The number of fused-ring (bicyclic) bond motifs is 1. The molecule has 20 heavy (non-hydrogen) atoms. The molecule has 2 heterocycles. The Morgan fingerprint density at radius 3 is 2.90 bits per heavy atom. The molecule has 0 spiro atoms. The molecule has 0 radical (unpaired) electrons. The van der Waals surface area contributed by atoms with Crippen LogP contribution in [0.1, 0.15) is 10.4 Å². The predicted molar refractivity (Wildman–Crippen MR) is 76.2 cm³/mol. The van der Waals surface area contributed by atoms with Crippen molar-refractivity contribution in [1.29, 1.82) is 0 Å². The first-order chi connectivity index (χ1) is 9.61. The van der Waals surface area contributed by atoms with Crippen LogP contribution >= 0.6 is 11.3 Å². The summed E-state index contributed by atoms with van der Waals surface area (Å²) in [6, 6.07) is 7.75. The Morgan fingerprint density at radius 1 is 1.30 bits per heavy atom. The summed E-state index contributed by atoms with van der Waals surface area (Å²) in [5.74, 6) is -0.892. The number of carbonyl (C=O) groups is 1. The number of amides is 1. The van der Waals surface area contributed by atoms with Crippen LogP contribution in [0.2, 0.25) is 0 Å². The molecule has 0 aliphatic carbocycles. The Morgan fingerprint density at radius 2 is 2.15 bits per heavy atom. The summed E-state index contributed by atoms with van der Waals surface area (Å²) >= 11 is 1.32. The monoisotopic (exact) mass is 288 g/mol. The van der Waals surface area contributed by atoms with E-state index in [1.807, 2.05) is 0 Å². The van der Waals surface area contributed by atoms with E-state index in [0.717, 1.165) is 10.2 Å². The number of benzene rings is 1. The molecule has 0 aliphatic rings. The summed E-state index contributed by atoms with van der Waals surface area (Å²) in [6.45, 7) is 0. The number of rotatable bonds is 2. The highest BCUT2D eigenvalue weighted by molar-refractivity contribution is 7.22. The van der Waals surface area contributed by atoms with Gasteiger partial charge in [-0.25, -0.2) is 9.97 Å². The number of anilines is 2. The first-order valence-corrected chi connectivity index (χ1v) is 6.52. The molecule has 0 aliphatic heterocycles. The quantitative estimate of drug-likeness (QED) is 0.710. The first kappa shape index (κ1) is 12.5. The van der Waals surface area contributed by atoms with E-state index >= 15 is 0 Å². The number of aromatic nitrogens is 2. The van der Waals surface area contributed by atoms with E-state index in [4.69, 9.17) is 5.73 Å². The van der Waals surface area contributed by atoms with Gasteiger partial charge in [-0.1, -0.05) is 11.3 Å². The van der Waals surface area contributed by atoms with Gasteiger partial charge in [0.15, 0.2) is 5.13 Å². The van der Waals surface area contributed by atoms with Crippen LogP contribution in [0.25, 0.3) is 10.2 Å². The van der Waals surface area contributed by atoms with Gasteiger partial charge in [-0.2, -0.15) is 4.39 Å². The summed E-state index contributed by atoms with van der Waals surface area (Å²) in [6.07, 6.45) is 1.26. The van der Waals surface area contributed by atoms with Gasteiger partial charge in [0.05, 0.1) is 22.1 Å². The number of nitrogens with one attached hydrogen (secondary N) is 1. The Labute approximate surface area is 117 Å². The topological polar surface area (TPSA) is 80.9 Å². The zero-order chi connectivity index (χ0) is 14.1. The normalized spacial score (nSPS) is 10.7. The molecule has 3 rings (SSSR count). The summed E-state index contributed by atoms with van der Waals surface area (Å²) in [5.41, 5.74) is 7.28. The third-order valence-electron chi connectivity index (χ3n) is 2.65. The smallest absolute Gasteiger partial charge is 0.255 e. The van der Waals surface area contributed by atoms with Gasteiger partial charge in [0.1, 0.15) is 0 Å². The van der Waals surface area contributed by atoms with Crippen molar-refractivity contribution >= 4 is 38.3 Å². The highest BCUT2D eigenvalue weighted by Gasteiger charge is 2.09. The number of nitrogen functional groups attached to an aromatic ring is 1. The van der Waals surface area contributed by atoms with Crippen molar-refractivity contribution in [2.75, 3.05) is 11.1 Å². The Hall–Kier alpha value is -2.54. The minimum atomic E-state index is -0.593. The number of hydrogen-bond acceptors (Lipinski definition) is 5. The maximum Gasteiger partial charge on any atom is 0.255 e. The van der Waals surface area contributed by atoms with Crippen LogP contribution in [0.15, 0.2) is 36.5 Å². The van der Waals surface area contributed by atoms with Crippen molar-refractivity contribution < 1.29 is 9.18 Å². The van der Waals surface area contributed by atoms with Crippen molar-refractivity contribution in [3.63, 3.8) is 0 Å². The van der Waals surface area contributed by atoms with Gasteiger partial charge in [-0.15, -0.1) is 0 Å². The fourth-order valence-corrected chi connectivity index (χ4v) is 2.51. The number of nitrogens with zero attached hydrogens (tertiary/aromatic N) is 2. The molecule has 0 bridgehead atoms. The molecule has 5 nitrogen and oxygen atoms in total. The van der Waals surface area contributed by atoms with Crippen LogP contribution in [0.3, 0.4) is 0 Å². The molecule has 0 saturated heterocycles. The third kappa shape index (κ3) is 2.43. The molecular weight excluding hydrogens is 279 g/mol. The van der Waals surface area contributed by atoms with Crippen LogP contribution in [0, 0.1) is 5.95 Å².